The summed E-state index contributed by atoms with van der Waals surface area (Å²) in [5, 5.41) is 2.96. The van der Waals surface area contributed by atoms with Crippen molar-refractivity contribution < 1.29 is 9.53 Å². The average Bonchev–Trinajstić information content (AvgIpc) is 2.99. The van der Waals surface area contributed by atoms with Gasteiger partial charge in [-0.05, 0) is 37.6 Å². The molecule has 2 aromatic carbocycles. The fraction of sp³-hybridized carbons (Fsp3) is 0.364. The van der Waals surface area contributed by atoms with Crippen molar-refractivity contribution >= 4 is 16.9 Å². The summed E-state index contributed by atoms with van der Waals surface area (Å²) in [6.07, 6.45) is 0. The zero-order valence-electron chi connectivity index (χ0n) is 16.5. The minimum absolute atomic E-state index is 0.0279. The molecule has 3 aromatic rings. The van der Waals surface area contributed by atoms with E-state index in [9.17, 15) is 4.79 Å². The number of ether oxygens (including phenoxy) is 1. The highest BCUT2D eigenvalue weighted by molar-refractivity contribution is 5.78. The van der Waals surface area contributed by atoms with Crippen LogP contribution in [-0.4, -0.2) is 22.1 Å². The van der Waals surface area contributed by atoms with Crippen LogP contribution in [0.5, 0.6) is 5.75 Å². The van der Waals surface area contributed by atoms with Crippen molar-refractivity contribution in [2.24, 2.45) is 5.92 Å². The number of imidazole rings is 1. The number of hydrogen-bond acceptors (Lipinski definition) is 3. The van der Waals surface area contributed by atoms with E-state index in [1.807, 2.05) is 44.2 Å². The molecule has 3 rings (SSSR count). The number of fused-ring (bicyclic) bond motifs is 1. The molecule has 0 saturated heterocycles. The van der Waals surface area contributed by atoms with Gasteiger partial charge in [0.2, 0.25) is 5.91 Å². The number of carbonyl (C=O) groups is 1. The van der Waals surface area contributed by atoms with Crippen LogP contribution in [-0.2, 0) is 17.9 Å². The number of nitrogens with one attached hydrogen (secondary N) is 1. The lowest BCUT2D eigenvalue weighted by atomic mass is 10.1. The fourth-order valence-corrected chi connectivity index (χ4v) is 3.09. The van der Waals surface area contributed by atoms with E-state index in [1.54, 1.807) is 0 Å². The second-order valence-electron chi connectivity index (χ2n) is 7.16. The third-order valence-corrected chi connectivity index (χ3v) is 4.58. The molecule has 0 bridgehead atoms. The van der Waals surface area contributed by atoms with Crippen LogP contribution in [0.25, 0.3) is 11.0 Å². The van der Waals surface area contributed by atoms with Crippen LogP contribution in [0, 0.1) is 19.8 Å². The number of para-hydroxylation sites is 2. The minimum atomic E-state index is -0.0457. The minimum Gasteiger partial charge on any atom is -0.491 e. The fourth-order valence-electron chi connectivity index (χ4n) is 3.09. The van der Waals surface area contributed by atoms with Crippen LogP contribution in [0.1, 0.15) is 30.8 Å². The lowest BCUT2D eigenvalue weighted by Crippen LogP contribution is -2.28. The van der Waals surface area contributed by atoms with Gasteiger partial charge in [0, 0.05) is 5.92 Å². The first-order chi connectivity index (χ1) is 13.0. The number of benzene rings is 2. The lowest BCUT2D eigenvalue weighted by molar-refractivity contribution is -0.124. The Morgan fingerprint density at radius 3 is 2.70 bits per heavy atom. The van der Waals surface area contributed by atoms with E-state index < -0.39 is 0 Å². The average molecular weight is 365 g/mol. The standard InChI is InChI=1S/C22H27N3O2/c1-15(2)22(26)23-14-21-24-18-7-5-6-8-19(18)25(21)11-12-27-20-10-9-16(3)13-17(20)4/h5-10,13,15H,11-12,14H2,1-4H3,(H,23,26). The SMILES string of the molecule is Cc1ccc(OCCn2c(CNC(=O)C(C)C)nc3ccccc32)c(C)c1. The Morgan fingerprint density at radius 2 is 1.96 bits per heavy atom. The highest BCUT2D eigenvalue weighted by atomic mass is 16.5. The Hall–Kier alpha value is -2.82. The first-order valence-corrected chi connectivity index (χ1v) is 9.37. The van der Waals surface area contributed by atoms with Gasteiger partial charge in [0.25, 0.3) is 0 Å². The van der Waals surface area contributed by atoms with Crippen molar-refractivity contribution in [3.05, 3.63) is 59.4 Å². The van der Waals surface area contributed by atoms with Crippen molar-refractivity contribution in [1.29, 1.82) is 0 Å². The summed E-state index contributed by atoms with van der Waals surface area (Å²) >= 11 is 0. The molecule has 0 saturated carbocycles. The lowest BCUT2D eigenvalue weighted by Gasteiger charge is -2.13. The highest BCUT2D eigenvalue weighted by Crippen LogP contribution is 2.20. The van der Waals surface area contributed by atoms with E-state index in [1.165, 1.54) is 5.56 Å². The largest absolute Gasteiger partial charge is 0.491 e. The van der Waals surface area contributed by atoms with Gasteiger partial charge in [-0.15, -0.1) is 0 Å². The maximum Gasteiger partial charge on any atom is 0.222 e. The summed E-state index contributed by atoms with van der Waals surface area (Å²) in [7, 11) is 0. The monoisotopic (exact) mass is 365 g/mol. The van der Waals surface area contributed by atoms with Crippen molar-refractivity contribution in [2.75, 3.05) is 6.61 Å². The molecule has 1 aromatic heterocycles. The molecule has 0 fully saturated rings. The number of carbonyl (C=O) groups excluding carboxylic acids is 1. The van der Waals surface area contributed by atoms with Crippen molar-refractivity contribution in [2.45, 2.75) is 40.8 Å². The molecule has 142 valence electrons. The normalized spacial score (nSPS) is 11.1. The van der Waals surface area contributed by atoms with Gasteiger partial charge in [0.05, 0.1) is 24.1 Å². The first-order valence-electron chi connectivity index (χ1n) is 9.37. The Morgan fingerprint density at radius 1 is 1.19 bits per heavy atom. The Balaban J connectivity index is 1.75. The Kier molecular flexibility index (Phi) is 5.79. The van der Waals surface area contributed by atoms with Gasteiger partial charge in [0.15, 0.2) is 0 Å². The number of nitrogens with zero attached hydrogens (tertiary/aromatic N) is 2. The third-order valence-electron chi connectivity index (χ3n) is 4.58. The summed E-state index contributed by atoms with van der Waals surface area (Å²) in [6, 6.07) is 14.2. The number of aryl methyl sites for hydroxylation is 2. The Bertz CT molecular complexity index is 944. The van der Waals surface area contributed by atoms with Gasteiger partial charge in [-0.3, -0.25) is 4.79 Å². The van der Waals surface area contributed by atoms with Gasteiger partial charge < -0.3 is 14.6 Å². The van der Waals surface area contributed by atoms with E-state index in [4.69, 9.17) is 9.72 Å². The molecule has 0 unspecified atom stereocenters. The van der Waals surface area contributed by atoms with Crippen LogP contribution in [0.2, 0.25) is 0 Å². The van der Waals surface area contributed by atoms with Gasteiger partial charge in [-0.1, -0.05) is 43.7 Å². The third kappa shape index (κ3) is 4.48. The Labute approximate surface area is 160 Å². The molecule has 5 nitrogen and oxygen atoms in total. The van der Waals surface area contributed by atoms with E-state index in [-0.39, 0.29) is 11.8 Å². The molecule has 1 N–H and O–H groups in total. The molecule has 27 heavy (non-hydrogen) atoms. The summed E-state index contributed by atoms with van der Waals surface area (Å²) in [5.74, 6) is 1.73. The molecular weight excluding hydrogens is 338 g/mol. The second kappa shape index (κ2) is 8.25. The van der Waals surface area contributed by atoms with Gasteiger partial charge in [-0.2, -0.15) is 0 Å². The topological polar surface area (TPSA) is 56.1 Å². The number of hydrogen-bond donors (Lipinski definition) is 1. The van der Waals surface area contributed by atoms with Crippen LogP contribution < -0.4 is 10.1 Å². The maximum absolute atomic E-state index is 11.9. The molecule has 5 heteroatoms. The molecule has 0 spiro atoms. The van der Waals surface area contributed by atoms with Crippen LogP contribution in [0.3, 0.4) is 0 Å². The molecule has 0 atom stereocenters. The summed E-state index contributed by atoms with van der Waals surface area (Å²) in [6.45, 7) is 9.52. The van der Waals surface area contributed by atoms with Crippen molar-refractivity contribution in [3.8, 4) is 5.75 Å². The van der Waals surface area contributed by atoms with Crippen LogP contribution >= 0.6 is 0 Å². The maximum atomic E-state index is 11.9. The predicted octanol–water partition coefficient (Wildman–Crippen LogP) is 4.00. The van der Waals surface area contributed by atoms with E-state index in [2.05, 4.69) is 35.9 Å². The second-order valence-corrected chi connectivity index (χ2v) is 7.16. The molecule has 0 aliphatic heterocycles. The molecular formula is C22H27N3O2. The van der Waals surface area contributed by atoms with Crippen LogP contribution in [0.4, 0.5) is 0 Å². The van der Waals surface area contributed by atoms with Crippen LogP contribution in [0.15, 0.2) is 42.5 Å². The number of rotatable bonds is 7. The number of amides is 1. The zero-order valence-corrected chi connectivity index (χ0v) is 16.5. The summed E-state index contributed by atoms with van der Waals surface area (Å²) in [5.41, 5.74) is 4.34. The van der Waals surface area contributed by atoms with Gasteiger partial charge in [0.1, 0.15) is 18.2 Å². The smallest absolute Gasteiger partial charge is 0.222 e. The predicted molar refractivity (Wildman–Crippen MR) is 108 cm³/mol. The van der Waals surface area contributed by atoms with Crippen molar-refractivity contribution in [1.82, 2.24) is 14.9 Å². The molecule has 0 radical (unpaired) electrons. The highest BCUT2D eigenvalue weighted by Gasteiger charge is 2.13. The molecule has 1 amide bonds. The summed E-state index contributed by atoms with van der Waals surface area (Å²) < 4.78 is 8.12. The van der Waals surface area contributed by atoms with Gasteiger partial charge >= 0.3 is 0 Å². The number of aromatic nitrogens is 2. The van der Waals surface area contributed by atoms with Gasteiger partial charge in [-0.25, -0.2) is 4.98 Å². The van der Waals surface area contributed by atoms with E-state index in [0.717, 1.165) is 28.2 Å². The first kappa shape index (κ1) is 19.0. The molecule has 1 heterocycles. The molecule has 0 aliphatic rings. The quantitative estimate of drug-likeness (QED) is 0.688. The van der Waals surface area contributed by atoms with E-state index >= 15 is 0 Å². The van der Waals surface area contributed by atoms with Crippen molar-refractivity contribution in [3.63, 3.8) is 0 Å². The molecule has 0 aliphatic carbocycles. The van der Waals surface area contributed by atoms with E-state index in [0.29, 0.717) is 19.7 Å². The summed E-state index contributed by atoms with van der Waals surface area (Å²) in [4.78, 5) is 16.6. The zero-order chi connectivity index (χ0) is 19.4.